The van der Waals surface area contributed by atoms with Crippen molar-refractivity contribution in [1.82, 2.24) is 4.57 Å². The Kier molecular flexibility index (Phi) is 6.22. The van der Waals surface area contributed by atoms with E-state index in [1.807, 2.05) is 12.1 Å². The Bertz CT molecular complexity index is 609. The highest BCUT2D eigenvalue weighted by molar-refractivity contribution is 6.27. The number of rotatable bonds is 4. The van der Waals surface area contributed by atoms with Gasteiger partial charge in [0.15, 0.2) is 0 Å². The maximum atomic E-state index is 9.10. The molecule has 7 heteroatoms. The van der Waals surface area contributed by atoms with Crippen molar-refractivity contribution >= 4 is 22.8 Å². The van der Waals surface area contributed by atoms with Crippen LogP contribution in [0.5, 0.6) is 5.75 Å². The lowest BCUT2D eigenvalue weighted by atomic mass is 10.2. The van der Waals surface area contributed by atoms with Crippen molar-refractivity contribution in [1.29, 1.82) is 0 Å². The van der Waals surface area contributed by atoms with Crippen LogP contribution in [0.2, 0.25) is 0 Å². The molecule has 1 aromatic carbocycles. The van der Waals surface area contributed by atoms with E-state index in [4.69, 9.17) is 30.3 Å². The normalized spacial score (nSPS) is 9.81. The summed E-state index contributed by atoms with van der Waals surface area (Å²) < 4.78 is 7.52. The first-order valence-electron chi connectivity index (χ1n) is 6.29. The molecule has 21 heavy (non-hydrogen) atoms. The Hall–Kier alpha value is -2.54. The van der Waals surface area contributed by atoms with Gasteiger partial charge in [-0.25, -0.2) is 9.59 Å². The summed E-state index contributed by atoms with van der Waals surface area (Å²) in [5, 5.41) is 15.9. The molecule has 0 spiro atoms. The number of fused-ring (bicyclic) bond motifs is 1. The number of aromatic nitrogens is 1. The molecule has 0 atom stereocenters. The summed E-state index contributed by atoms with van der Waals surface area (Å²) in [7, 11) is 1.70. The minimum absolute atomic E-state index is 0.726. The number of benzene rings is 1. The second-order valence-electron chi connectivity index (χ2n) is 4.15. The van der Waals surface area contributed by atoms with Crippen LogP contribution in [-0.4, -0.2) is 40.4 Å². The molecule has 0 saturated heterocycles. The van der Waals surface area contributed by atoms with Gasteiger partial charge in [0.1, 0.15) is 5.75 Å². The van der Waals surface area contributed by atoms with Crippen molar-refractivity contribution in [2.45, 2.75) is 13.0 Å². The molecule has 0 bridgehead atoms. The molecule has 2 rings (SSSR count). The Labute approximate surface area is 121 Å². The monoisotopic (exact) mass is 294 g/mol. The molecule has 0 unspecified atom stereocenters. The Balaban J connectivity index is 0.000000315. The highest BCUT2D eigenvalue weighted by Gasteiger charge is 2.05. The summed E-state index contributed by atoms with van der Waals surface area (Å²) in [5.41, 5.74) is 6.72. The molecular formula is C14H18N2O5. The number of aliphatic carboxylic acids is 2. The second-order valence-corrected chi connectivity index (χ2v) is 4.15. The summed E-state index contributed by atoms with van der Waals surface area (Å²) in [6.45, 7) is 1.69. The summed E-state index contributed by atoms with van der Waals surface area (Å²) in [6, 6.07) is 8.19. The summed E-state index contributed by atoms with van der Waals surface area (Å²) >= 11 is 0. The van der Waals surface area contributed by atoms with Gasteiger partial charge in [-0.15, -0.1) is 0 Å². The SMILES string of the molecule is COc1cccc2c1ccn2CCCN.O=C(O)C(=O)O. The van der Waals surface area contributed by atoms with E-state index < -0.39 is 11.9 Å². The fourth-order valence-corrected chi connectivity index (χ4v) is 1.83. The van der Waals surface area contributed by atoms with Gasteiger partial charge in [-0.3, -0.25) is 0 Å². The zero-order valence-electron chi connectivity index (χ0n) is 11.7. The van der Waals surface area contributed by atoms with Crippen LogP contribution in [0.25, 0.3) is 10.9 Å². The van der Waals surface area contributed by atoms with Gasteiger partial charge < -0.3 is 25.3 Å². The number of nitrogens with two attached hydrogens (primary N) is 1. The van der Waals surface area contributed by atoms with Crippen LogP contribution in [0.4, 0.5) is 0 Å². The second kappa shape index (κ2) is 7.91. The Morgan fingerprint density at radius 3 is 2.43 bits per heavy atom. The first-order chi connectivity index (χ1) is 10.0. The number of hydrogen-bond donors (Lipinski definition) is 3. The third-order valence-electron chi connectivity index (χ3n) is 2.78. The maximum absolute atomic E-state index is 9.10. The summed E-state index contributed by atoms with van der Waals surface area (Å²) in [5.74, 6) is -2.72. The van der Waals surface area contributed by atoms with Crippen molar-refractivity contribution in [2.24, 2.45) is 5.73 Å². The highest BCUT2D eigenvalue weighted by atomic mass is 16.5. The van der Waals surface area contributed by atoms with Crippen LogP contribution < -0.4 is 10.5 Å². The molecule has 7 nitrogen and oxygen atoms in total. The molecule has 0 aliphatic rings. The third kappa shape index (κ3) is 4.50. The van der Waals surface area contributed by atoms with E-state index in [1.54, 1.807) is 7.11 Å². The molecule has 4 N–H and O–H groups in total. The molecule has 0 radical (unpaired) electrons. The first kappa shape index (κ1) is 16.5. The smallest absolute Gasteiger partial charge is 0.414 e. The number of methoxy groups -OCH3 is 1. The lowest BCUT2D eigenvalue weighted by Gasteiger charge is -2.05. The van der Waals surface area contributed by atoms with Gasteiger partial charge in [0.2, 0.25) is 0 Å². The predicted octanol–water partition coefficient (Wildman–Crippen LogP) is 1.15. The van der Waals surface area contributed by atoms with Gasteiger partial charge >= 0.3 is 11.9 Å². The lowest BCUT2D eigenvalue weighted by Crippen LogP contribution is -2.09. The number of carboxylic acid groups (broad SMARTS) is 2. The standard InChI is InChI=1S/C12H16N2O.C2H2O4/c1-15-12-5-2-4-11-10(12)6-9-14(11)8-3-7-13;3-1(4)2(5)6/h2,4-6,9H,3,7-8,13H2,1H3;(H,3,4)(H,5,6). The van der Waals surface area contributed by atoms with Crippen LogP contribution >= 0.6 is 0 Å². The van der Waals surface area contributed by atoms with Crippen molar-refractivity contribution in [3.8, 4) is 5.75 Å². The Morgan fingerprint density at radius 2 is 1.90 bits per heavy atom. The predicted molar refractivity (Wildman–Crippen MR) is 77.4 cm³/mol. The average Bonchev–Trinajstić information content (AvgIpc) is 2.88. The molecule has 1 aromatic heterocycles. The minimum atomic E-state index is -1.82. The van der Waals surface area contributed by atoms with Crippen molar-refractivity contribution in [3.63, 3.8) is 0 Å². The third-order valence-corrected chi connectivity index (χ3v) is 2.78. The van der Waals surface area contributed by atoms with E-state index in [9.17, 15) is 0 Å². The quantitative estimate of drug-likeness (QED) is 0.729. The molecule has 2 aromatic rings. The number of hydrogen-bond acceptors (Lipinski definition) is 4. The van der Waals surface area contributed by atoms with Crippen LogP contribution in [0.3, 0.4) is 0 Å². The topological polar surface area (TPSA) is 115 Å². The zero-order chi connectivity index (χ0) is 15.8. The van der Waals surface area contributed by atoms with Crippen molar-refractivity contribution < 1.29 is 24.5 Å². The molecule has 0 fully saturated rings. The van der Waals surface area contributed by atoms with Gasteiger partial charge in [-0.2, -0.15) is 0 Å². The van der Waals surface area contributed by atoms with Crippen molar-refractivity contribution in [3.05, 3.63) is 30.5 Å². The number of ether oxygens (including phenoxy) is 1. The summed E-state index contributed by atoms with van der Waals surface area (Å²) in [4.78, 5) is 18.2. The van der Waals surface area contributed by atoms with Crippen LogP contribution in [0.15, 0.2) is 30.5 Å². The fraction of sp³-hybridized carbons (Fsp3) is 0.286. The lowest BCUT2D eigenvalue weighted by molar-refractivity contribution is -0.159. The number of carbonyl (C=O) groups is 2. The molecule has 1 heterocycles. The number of nitrogens with zero attached hydrogens (tertiary/aromatic N) is 1. The van der Waals surface area contributed by atoms with E-state index in [0.717, 1.165) is 30.6 Å². The van der Waals surface area contributed by atoms with E-state index in [2.05, 4.69) is 22.9 Å². The molecule has 0 amide bonds. The average molecular weight is 294 g/mol. The van der Waals surface area contributed by atoms with Crippen LogP contribution in [0, 0.1) is 0 Å². The molecular weight excluding hydrogens is 276 g/mol. The van der Waals surface area contributed by atoms with E-state index in [-0.39, 0.29) is 0 Å². The summed E-state index contributed by atoms with van der Waals surface area (Å²) in [6.07, 6.45) is 3.09. The van der Waals surface area contributed by atoms with Crippen LogP contribution in [0.1, 0.15) is 6.42 Å². The van der Waals surface area contributed by atoms with Gasteiger partial charge in [-0.1, -0.05) is 6.07 Å². The maximum Gasteiger partial charge on any atom is 0.414 e. The molecule has 0 aliphatic heterocycles. The largest absolute Gasteiger partial charge is 0.496 e. The highest BCUT2D eigenvalue weighted by Crippen LogP contribution is 2.26. The van der Waals surface area contributed by atoms with E-state index >= 15 is 0 Å². The molecule has 0 saturated carbocycles. The number of carboxylic acids is 2. The van der Waals surface area contributed by atoms with Gasteiger partial charge in [0.25, 0.3) is 0 Å². The van der Waals surface area contributed by atoms with E-state index in [0.29, 0.717) is 0 Å². The van der Waals surface area contributed by atoms with E-state index in [1.165, 1.54) is 5.52 Å². The Morgan fingerprint density at radius 1 is 1.24 bits per heavy atom. The molecule has 114 valence electrons. The van der Waals surface area contributed by atoms with Gasteiger partial charge in [0.05, 0.1) is 12.6 Å². The first-order valence-corrected chi connectivity index (χ1v) is 6.29. The van der Waals surface area contributed by atoms with Crippen LogP contribution in [-0.2, 0) is 16.1 Å². The van der Waals surface area contributed by atoms with Gasteiger partial charge in [0, 0.05) is 18.1 Å². The fourth-order valence-electron chi connectivity index (χ4n) is 1.83. The molecule has 0 aliphatic carbocycles. The minimum Gasteiger partial charge on any atom is -0.496 e. The van der Waals surface area contributed by atoms with Crippen molar-refractivity contribution in [2.75, 3.05) is 13.7 Å². The van der Waals surface area contributed by atoms with Gasteiger partial charge in [-0.05, 0) is 31.2 Å². The number of aryl methyl sites for hydroxylation is 1. The zero-order valence-corrected chi connectivity index (χ0v) is 11.7.